The molecule has 0 radical (unpaired) electrons. The van der Waals surface area contributed by atoms with Gasteiger partial charge in [0.1, 0.15) is 0 Å². The smallest absolute Gasteiger partial charge is 0.243 e. The predicted octanol–water partition coefficient (Wildman–Crippen LogP) is 2.87. The first-order chi connectivity index (χ1) is 10.3. The molecule has 0 bridgehead atoms. The van der Waals surface area contributed by atoms with E-state index in [0.717, 1.165) is 10.8 Å². The highest BCUT2D eigenvalue weighted by Crippen LogP contribution is 2.28. The first-order valence-corrected chi connectivity index (χ1v) is 9.05. The minimum atomic E-state index is -3.51. The van der Waals surface area contributed by atoms with Crippen LogP contribution in [0.3, 0.4) is 0 Å². The van der Waals surface area contributed by atoms with Crippen LogP contribution in [0.1, 0.15) is 13.8 Å². The van der Waals surface area contributed by atoms with E-state index in [2.05, 4.69) is 5.32 Å². The Morgan fingerprint density at radius 3 is 2.55 bits per heavy atom. The summed E-state index contributed by atoms with van der Waals surface area (Å²) in [7, 11) is -3.51. The fourth-order valence-corrected chi connectivity index (χ4v) is 4.89. The van der Waals surface area contributed by atoms with Crippen LogP contribution in [0.5, 0.6) is 0 Å². The maximum atomic E-state index is 13.0. The number of hydrogen-bond donors (Lipinski definition) is 1. The Hall–Kier alpha value is -1.14. The largest absolute Gasteiger partial charge is 0.314 e. The predicted molar refractivity (Wildman–Crippen MR) is 89.8 cm³/mol. The number of piperazine rings is 1. The molecule has 1 fully saturated rings. The summed E-state index contributed by atoms with van der Waals surface area (Å²) in [5.74, 6) is 0. The van der Waals surface area contributed by atoms with Crippen molar-refractivity contribution in [2.45, 2.75) is 24.3 Å². The second-order valence-electron chi connectivity index (χ2n) is 6.22. The van der Waals surface area contributed by atoms with Gasteiger partial charge in [-0.2, -0.15) is 4.31 Å². The number of nitrogens with one attached hydrogen (secondary N) is 1. The molecule has 4 nitrogen and oxygen atoms in total. The second-order valence-corrected chi connectivity index (χ2v) is 8.52. The lowest BCUT2D eigenvalue weighted by Crippen LogP contribution is -2.59. The van der Waals surface area contributed by atoms with E-state index in [4.69, 9.17) is 11.6 Å². The molecule has 118 valence electrons. The van der Waals surface area contributed by atoms with Crippen LogP contribution >= 0.6 is 11.6 Å². The van der Waals surface area contributed by atoms with Crippen molar-refractivity contribution in [3.8, 4) is 0 Å². The molecule has 0 unspecified atom stereocenters. The van der Waals surface area contributed by atoms with Crippen LogP contribution in [0.15, 0.2) is 41.3 Å². The summed E-state index contributed by atoms with van der Waals surface area (Å²) in [6.45, 7) is 5.68. The first-order valence-electron chi connectivity index (χ1n) is 7.24. The molecule has 22 heavy (non-hydrogen) atoms. The Morgan fingerprint density at radius 2 is 1.82 bits per heavy atom. The monoisotopic (exact) mass is 338 g/mol. The van der Waals surface area contributed by atoms with Crippen molar-refractivity contribution in [1.29, 1.82) is 0 Å². The van der Waals surface area contributed by atoms with E-state index in [1.165, 1.54) is 0 Å². The molecule has 0 atom stereocenters. The molecule has 1 aliphatic heterocycles. The summed E-state index contributed by atoms with van der Waals surface area (Å²) in [6.07, 6.45) is 0. The summed E-state index contributed by atoms with van der Waals surface area (Å²) in [5, 5.41) is 5.70. The van der Waals surface area contributed by atoms with Crippen LogP contribution in [0.4, 0.5) is 0 Å². The van der Waals surface area contributed by atoms with Gasteiger partial charge >= 0.3 is 0 Å². The fraction of sp³-hybridized carbons (Fsp3) is 0.375. The molecule has 2 aromatic carbocycles. The minimum absolute atomic E-state index is 0.331. The third-order valence-corrected chi connectivity index (χ3v) is 6.43. The molecule has 0 spiro atoms. The maximum Gasteiger partial charge on any atom is 0.243 e. The van der Waals surface area contributed by atoms with Gasteiger partial charge in [0.05, 0.1) is 4.90 Å². The van der Waals surface area contributed by atoms with E-state index in [1.54, 1.807) is 22.5 Å². The van der Waals surface area contributed by atoms with Crippen molar-refractivity contribution in [2.75, 3.05) is 19.6 Å². The zero-order chi connectivity index (χ0) is 16.0. The van der Waals surface area contributed by atoms with Crippen LogP contribution in [-0.4, -0.2) is 37.9 Å². The van der Waals surface area contributed by atoms with Crippen molar-refractivity contribution < 1.29 is 8.42 Å². The molecule has 1 saturated heterocycles. The number of nitrogens with zero attached hydrogens (tertiary/aromatic N) is 1. The number of rotatable bonds is 2. The highest BCUT2D eigenvalue weighted by atomic mass is 35.5. The van der Waals surface area contributed by atoms with Crippen LogP contribution in [0.25, 0.3) is 10.8 Å². The van der Waals surface area contributed by atoms with Gasteiger partial charge in [0.15, 0.2) is 0 Å². The number of hydrogen-bond acceptors (Lipinski definition) is 3. The molecule has 0 amide bonds. The van der Waals surface area contributed by atoms with E-state index in [0.29, 0.717) is 29.6 Å². The lowest BCUT2D eigenvalue weighted by Gasteiger charge is -2.41. The Morgan fingerprint density at radius 1 is 1.14 bits per heavy atom. The standard InChI is InChI=1S/C16H19ClN2O2S/c1-16(2)11-18-7-8-19(16)22(20,21)15-6-4-12-9-14(17)5-3-13(12)10-15/h3-6,9-10,18H,7-8,11H2,1-2H3. The van der Waals surface area contributed by atoms with Gasteiger partial charge in [-0.15, -0.1) is 0 Å². The van der Waals surface area contributed by atoms with E-state index >= 15 is 0 Å². The van der Waals surface area contributed by atoms with E-state index < -0.39 is 15.6 Å². The third-order valence-electron chi connectivity index (χ3n) is 4.09. The van der Waals surface area contributed by atoms with Gasteiger partial charge in [-0.3, -0.25) is 0 Å². The van der Waals surface area contributed by atoms with Crippen molar-refractivity contribution in [3.63, 3.8) is 0 Å². The summed E-state index contributed by atoms with van der Waals surface area (Å²) < 4.78 is 27.6. The van der Waals surface area contributed by atoms with Crippen molar-refractivity contribution >= 4 is 32.4 Å². The van der Waals surface area contributed by atoms with Gasteiger partial charge in [-0.05, 0) is 48.9 Å². The van der Waals surface area contributed by atoms with E-state index in [9.17, 15) is 8.42 Å². The average molecular weight is 339 g/mol. The Bertz CT molecular complexity index is 818. The molecule has 6 heteroatoms. The first kappa shape index (κ1) is 15.7. The molecule has 1 heterocycles. The zero-order valence-electron chi connectivity index (χ0n) is 12.6. The number of halogens is 1. The number of benzene rings is 2. The van der Waals surface area contributed by atoms with Gasteiger partial charge < -0.3 is 5.32 Å². The molecule has 2 aromatic rings. The molecule has 0 aromatic heterocycles. The lowest BCUT2D eigenvalue weighted by atomic mass is 10.0. The third kappa shape index (κ3) is 2.74. The molecule has 1 aliphatic rings. The normalized spacial score (nSPS) is 19.4. The van der Waals surface area contributed by atoms with Gasteiger partial charge in [-0.25, -0.2) is 8.42 Å². The molecule has 3 rings (SSSR count). The zero-order valence-corrected chi connectivity index (χ0v) is 14.2. The van der Waals surface area contributed by atoms with Gasteiger partial charge in [-0.1, -0.05) is 23.7 Å². The Labute approximate surface area is 136 Å². The topological polar surface area (TPSA) is 49.4 Å². The highest BCUT2D eigenvalue weighted by molar-refractivity contribution is 7.89. The van der Waals surface area contributed by atoms with E-state index in [-0.39, 0.29) is 0 Å². The number of fused-ring (bicyclic) bond motifs is 1. The quantitative estimate of drug-likeness (QED) is 0.916. The van der Waals surface area contributed by atoms with Crippen LogP contribution in [0.2, 0.25) is 5.02 Å². The number of sulfonamides is 1. The maximum absolute atomic E-state index is 13.0. The van der Waals surface area contributed by atoms with Gasteiger partial charge in [0.25, 0.3) is 0 Å². The molecule has 0 aliphatic carbocycles. The van der Waals surface area contributed by atoms with Crippen LogP contribution in [-0.2, 0) is 10.0 Å². The fourth-order valence-electron chi connectivity index (χ4n) is 2.89. The molecule has 1 N–H and O–H groups in total. The average Bonchev–Trinajstić information content (AvgIpc) is 2.45. The molecular weight excluding hydrogens is 320 g/mol. The van der Waals surface area contributed by atoms with Gasteiger partial charge in [0.2, 0.25) is 10.0 Å². The van der Waals surface area contributed by atoms with Crippen LogP contribution < -0.4 is 5.32 Å². The van der Waals surface area contributed by atoms with Crippen molar-refractivity contribution in [2.24, 2.45) is 0 Å². The summed E-state index contributed by atoms with van der Waals surface area (Å²) in [6, 6.07) is 10.6. The Balaban J connectivity index is 2.07. The summed E-state index contributed by atoms with van der Waals surface area (Å²) in [4.78, 5) is 0.331. The van der Waals surface area contributed by atoms with E-state index in [1.807, 2.05) is 32.0 Å². The molecular formula is C16H19ClN2O2S. The summed E-state index contributed by atoms with van der Waals surface area (Å²) >= 11 is 5.97. The van der Waals surface area contributed by atoms with Crippen molar-refractivity contribution in [3.05, 3.63) is 41.4 Å². The van der Waals surface area contributed by atoms with Gasteiger partial charge in [0, 0.05) is 30.2 Å². The Kier molecular flexibility index (Phi) is 3.93. The van der Waals surface area contributed by atoms with Crippen molar-refractivity contribution in [1.82, 2.24) is 9.62 Å². The molecule has 0 saturated carbocycles. The highest BCUT2D eigenvalue weighted by Gasteiger charge is 2.38. The minimum Gasteiger partial charge on any atom is -0.314 e. The summed E-state index contributed by atoms with van der Waals surface area (Å²) in [5.41, 5.74) is -0.438. The SMILES string of the molecule is CC1(C)CNCCN1S(=O)(=O)c1ccc2cc(Cl)ccc2c1. The van der Waals surface area contributed by atoms with Crippen LogP contribution in [0, 0.1) is 0 Å². The lowest BCUT2D eigenvalue weighted by molar-refractivity contribution is 0.186. The second kappa shape index (κ2) is 5.49.